The van der Waals surface area contributed by atoms with Crippen molar-refractivity contribution < 1.29 is 53.1 Å². The van der Waals surface area contributed by atoms with Gasteiger partial charge in [-0.05, 0) is 32.3 Å². The molecule has 3 aliphatic rings. The van der Waals surface area contributed by atoms with Crippen LogP contribution in [-0.4, -0.2) is 106 Å². The molecule has 1 aromatic heterocycles. The number of carbonyl (C=O) groups excluding carboxylic acids is 4. The summed E-state index contributed by atoms with van der Waals surface area (Å²) in [7, 11) is 1.15. The molecule has 1 aromatic rings. The monoisotopic (exact) mass is 626 g/mol. The van der Waals surface area contributed by atoms with Gasteiger partial charge in [0, 0.05) is 25.4 Å². The summed E-state index contributed by atoms with van der Waals surface area (Å²) >= 11 is 0. The van der Waals surface area contributed by atoms with E-state index in [1.165, 1.54) is 0 Å². The van der Waals surface area contributed by atoms with E-state index in [9.17, 15) is 39.0 Å². The zero-order valence-electron chi connectivity index (χ0n) is 23.6. The number of carbonyl (C=O) groups is 4. The van der Waals surface area contributed by atoms with Gasteiger partial charge < -0.3 is 56.0 Å². The maximum atomic E-state index is 13.0. The van der Waals surface area contributed by atoms with Crippen molar-refractivity contribution in [3.63, 3.8) is 0 Å². The van der Waals surface area contributed by atoms with Crippen LogP contribution in [0.5, 0.6) is 0 Å². The third kappa shape index (κ3) is 7.08. The fourth-order valence-electron chi connectivity index (χ4n) is 5.17. The lowest BCUT2D eigenvalue weighted by Gasteiger charge is -2.35. The molecule has 0 bridgehead atoms. The van der Waals surface area contributed by atoms with Crippen LogP contribution in [0, 0.1) is 0 Å². The van der Waals surface area contributed by atoms with E-state index >= 15 is 0 Å². The first kappa shape index (κ1) is 32.6. The third-order valence-electron chi connectivity index (χ3n) is 7.29. The minimum absolute atomic E-state index is 0.0841. The lowest BCUT2D eigenvalue weighted by Crippen LogP contribution is -2.54. The summed E-state index contributed by atoms with van der Waals surface area (Å²) in [6.07, 6.45) is -11.0. The minimum atomic E-state index is -1.90. The van der Waals surface area contributed by atoms with E-state index in [0.717, 1.165) is 30.0 Å². The number of amides is 4. The van der Waals surface area contributed by atoms with E-state index in [-0.39, 0.29) is 6.04 Å². The Hall–Kier alpha value is -4.30. The first-order valence-electron chi connectivity index (χ1n) is 13.6. The largest absolute Gasteiger partial charge is 0.456 e. The van der Waals surface area contributed by atoms with Gasteiger partial charge in [0.2, 0.25) is 18.1 Å². The van der Waals surface area contributed by atoms with Crippen molar-refractivity contribution in [2.24, 2.45) is 11.5 Å². The van der Waals surface area contributed by atoms with Crippen LogP contribution < -0.4 is 33.3 Å². The third-order valence-corrected chi connectivity index (χ3v) is 7.29. The van der Waals surface area contributed by atoms with Gasteiger partial charge >= 0.3 is 11.8 Å². The van der Waals surface area contributed by atoms with Crippen LogP contribution in [0.3, 0.4) is 0 Å². The molecule has 0 unspecified atom stereocenters. The van der Waals surface area contributed by atoms with Gasteiger partial charge in [0.25, 0.3) is 11.5 Å². The predicted octanol–water partition coefficient (Wildman–Crippen LogP) is -4.08. The lowest BCUT2D eigenvalue weighted by atomic mass is 10.0. The van der Waals surface area contributed by atoms with E-state index in [1.807, 2.05) is 11.9 Å². The number of aromatic amines is 1. The maximum Gasteiger partial charge on any atom is 0.405 e. The highest BCUT2D eigenvalue weighted by Gasteiger charge is 2.54. The second-order valence-electron chi connectivity index (χ2n) is 10.4. The van der Waals surface area contributed by atoms with Crippen LogP contribution in [0.1, 0.15) is 32.4 Å². The standard InChI is InChI=1S/C25H34N6O13/c1-9-4-3-5-10(20(36)28-9)29-21(37)12-8-11(32)14(34)23(41-12)43-17(19(26)35)16-15(40-2)18(44-24(27)38)22(42-16)31-7-6-13(33)30-25(31)39/h6-11,14-18,22-23,32,34H,3-5H2,1-2H3,(H2,26,35)(H2,27,38)(H,28,36)(H,29,37)(H,30,33,39)/t9-,10-,11+,14-,15+,16+,17-,18+,22+,23-/m1/s1. The summed E-state index contributed by atoms with van der Waals surface area (Å²) in [6, 6.07) is -0.00244. The fraction of sp³-hybridized carbons (Fsp3) is 0.600. The van der Waals surface area contributed by atoms with Crippen LogP contribution >= 0.6 is 0 Å². The molecule has 0 saturated carbocycles. The molecule has 19 nitrogen and oxygen atoms in total. The van der Waals surface area contributed by atoms with Gasteiger partial charge in [-0.2, -0.15) is 0 Å². The summed E-state index contributed by atoms with van der Waals surface area (Å²) in [4.78, 5) is 75.9. The molecule has 0 aliphatic carbocycles. The Morgan fingerprint density at radius 2 is 1.89 bits per heavy atom. The molecule has 9 N–H and O–H groups in total. The highest BCUT2D eigenvalue weighted by atomic mass is 16.7. The molecule has 44 heavy (non-hydrogen) atoms. The van der Waals surface area contributed by atoms with Gasteiger partial charge in [-0.1, -0.05) is 0 Å². The number of rotatable bonds is 9. The van der Waals surface area contributed by atoms with Crippen molar-refractivity contribution in [2.75, 3.05) is 7.11 Å². The van der Waals surface area contributed by atoms with Crippen LogP contribution in [0.25, 0.3) is 0 Å². The molecule has 4 heterocycles. The fourth-order valence-corrected chi connectivity index (χ4v) is 5.17. The summed E-state index contributed by atoms with van der Waals surface area (Å²) in [5.41, 5.74) is 9.08. The number of primary amides is 2. The van der Waals surface area contributed by atoms with Crippen molar-refractivity contribution in [1.29, 1.82) is 0 Å². The average Bonchev–Trinajstić information content (AvgIpc) is 3.20. The van der Waals surface area contributed by atoms with Gasteiger partial charge in [-0.25, -0.2) is 9.59 Å². The molecule has 4 rings (SSSR count). The van der Waals surface area contributed by atoms with Crippen molar-refractivity contribution in [1.82, 2.24) is 20.2 Å². The molecule has 0 spiro atoms. The van der Waals surface area contributed by atoms with Gasteiger partial charge in [0.1, 0.15) is 30.5 Å². The number of H-pyrrole nitrogens is 1. The SMILES string of the molecule is CO[C@H]1[C@@H]([C@@H](O[C@H]2OC(C(=O)N[C@@H]3CCC[C@@H](C)NC3=O)=C[C@H](O)[C@H]2O)C(N)=O)O[C@H](n2ccc(=O)[nH]c2=O)[C@H]1OC(N)=O. The smallest absolute Gasteiger partial charge is 0.405 e. The number of ether oxygens (including phenoxy) is 5. The van der Waals surface area contributed by atoms with Crippen molar-refractivity contribution in [3.05, 3.63) is 44.9 Å². The second kappa shape index (κ2) is 13.6. The molecule has 10 atom stereocenters. The number of nitrogens with zero attached hydrogens (tertiary/aromatic N) is 1. The van der Waals surface area contributed by atoms with E-state index in [2.05, 4.69) is 10.6 Å². The molecule has 4 amide bonds. The van der Waals surface area contributed by atoms with Gasteiger partial charge in [0.15, 0.2) is 24.2 Å². The predicted molar refractivity (Wildman–Crippen MR) is 143 cm³/mol. The van der Waals surface area contributed by atoms with E-state index in [1.54, 1.807) is 0 Å². The van der Waals surface area contributed by atoms with Crippen LogP contribution in [0.15, 0.2) is 33.7 Å². The van der Waals surface area contributed by atoms with Crippen molar-refractivity contribution >= 4 is 23.8 Å². The molecule has 19 heteroatoms. The van der Waals surface area contributed by atoms with Crippen LogP contribution in [-0.2, 0) is 38.1 Å². The number of aliphatic hydroxyl groups excluding tert-OH is 2. The normalized spacial score (nSPS) is 32.8. The Labute approximate surface area is 248 Å². The summed E-state index contributed by atoms with van der Waals surface area (Å²) in [5, 5.41) is 26.3. The average molecular weight is 627 g/mol. The first-order valence-corrected chi connectivity index (χ1v) is 13.6. The molecule has 0 radical (unpaired) electrons. The summed E-state index contributed by atoms with van der Waals surface area (Å²) in [6.45, 7) is 1.83. The van der Waals surface area contributed by atoms with E-state index in [0.29, 0.717) is 19.3 Å². The Kier molecular flexibility index (Phi) is 10.0. The second-order valence-corrected chi connectivity index (χ2v) is 10.4. The van der Waals surface area contributed by atoms with Crippen LogP contribution in [0.2, 0.25) is 0 Å². The van der Waals surface area contributed by atoms with Crippen LogP contribution in [0.4, 0.5) is 4.79 Å². The summed E-state index contributed by atoms with van der Waals surface area (Å²) in [5.74, 6) is -3.05. The number of nitrogens with two attached hydrogens (primary N) is 2. The Balaban J connectivity index is 1.57. The Morgan fingerprint density at radius 1 is 1.16 bits per heavy atom. The van der Waals surface area contributed by atoms with Crippen molar-refractivity contribution in [3.8, 4) is 0 Å². The lowest BCUT2D eigenvalue weighted by molar-refractivity contribution is -0.241. The maximum absolute atomic E-state index is 13.0. The zero-order chi connectivity index (χ0) is 32.3. The van der Waals surface area contributed by atoms with E-state index < -0.39 is 96.0 Å². The Morgan fingerprint density at radius 3 is 2.52 bits per heavy atom. The van der Waals surface area contributed by atoms with Gasteiger partial charge in [-0.15, -0.1) is 0 Å². The number of methoxy groups -OCH3 is 1. The number of hydrogen-bond acceptors (Lipinski definition) is 13. The minimum Gasteiger partial charge on any atom is -0.456 e. The molecule has 2 fully saturated rings. The van der Waals surface area contributed by atoms with Crippen molar-refractivity contribution in [2.45, 2.75) is 87.4 Å². The number of hydrogen-bond donors (Lipinski definition) is 7. The zero-order valence-corrected chi connectivity index (χ0v) is 23.6. The topological polar surface area (TPSA) is 286 Å². The molecular weight excluding hydrogens is 592 g/mol. The molecule has 0 aromatic carbocycles. The molecule has 2 saturated heterocycles. The van der Waals surface area contributed by atoms with Gasteiger partial charge in [-0.3, -0.25) is 28.7 Å². The molecule has 242 valence electrons. The highest BCUT2D eigenvalue weighted by Crippen LogP contribution is 2.36. The molecule has 3 aliphatic heterocycles. The van der Waals surface area contributed by atoms with E-state index in [4.69, 9.17) is 35.2 Å². The molecular formula is C25H34N6O13. The van der Waals surface area contributed by atoms with Gasteiger partial charge in [0.05, 0.1) is 0 Å². The highest BCUT2D eigenvalue weighted by molar-refractivity contribution is 5.95. The Bertz CT molecular complexity index is 1410. The number of nitrogens with one attached hydrogen (secondary N) is 3. The first-order chi connectivity index (χ1) is 20.8. The quantitative estimate of drug-likeness (QED) is 0.137. The number of aliphatic hydroxyl groups is 2. The summed E-state index contributed by atoms with van der Waals surface area (Å²) < 4.78 is 28.3. The number of aromatic nitrogens is 2.